The van der Waals surface area contributed by atoms with Gasteiger partial charge in [0.25, 0.3) is 0 Å². The van der Waals surface area contributed by atoms with Crippen LogP contribution in [-0.2, 0) is 19.1 Å². The van der Waals surface area contributed by atoms with E-state index in [-0.39, 0.29) is 30.3 Å². The standard InChI is InChI=1S/C24H37N3O4/c1-8-27(22(29)19-13-14-25-19)21(17(3)18-11-9-16(2)10-12-18)23(30)26(7)15-20(28)31-24(4,5)6/h9-12,17,19,21,25H,8,13-15H2,1-7H3/t17-,19+,21+/m1/s1. The van der Waals surface area contributed by atoms with Crippen LogP contribution >= 0.6 is 0 Å². The molecule has 1 aromatic rings. The summed E-state index contributed by atoms with van der Waals surface area (Å²) in [6, 6.07) is 7.03. The number of hydrogen-bond acceptors (Lipinski definition) is 5. The van der Waals surface area contributed by atoms with Crippen LogP contribution in [0.4, 0.5) is 0 Å². The number of amides is 2. The second-order valence-electron chi connectivity index (χ2n) is 9.34. The molecule has 1 fully saturated rings. The molecular weight excluding hydrogens is 394 g/mol. The van der Waals surface area contributed by atoms with E-state index in [9.17, 15) is 14.4 Å². The second kappa shape index (κ2) is 10.3. The molecule has 0 unspecified atom stereocenters. The largest absolute Gasteiger partial charge is 0.459 e. The molecule has 31 heavy (non-hydrogen) atoms. The molecule has 1 saturated heterocycles. The van der Waals surface area contributed by atoms with Crippen LogP contribution in [0.1, 0.15) is 58.1 Å². The van der Waals surface area contributed by atoms with Gasteiger partial charge in [-0.1, -0.05) is 36.8 Å². The van der Waals surface area contributed by atoms with E-state index in [4.69, 9.17) is 4.74 Å². The van der Waals surface area contributed by atoms with Crippen LogP contribution < -0.4 is 5.32 Å². The Hall–Kier alpha value is -2.41. The van der Waals surface area contributed by atoms with Crippen LogP contribution in [0, 0.1) is 6.92 Å². The number of carbonyl (C=O) groups is 3. The fourth-order valence-electron chi connectivity index (χ4n) is 3.73. The molecule has 1 N–H and O–H groups in total. The first kappa shape index (κ1) is 24.9. The minimum Gasteiger partial charge on any atom is -0.459 e. The topological polar surface area (TPSA) is 79.0 Å². The first-order valence-corrected chi connectivity index (χ1v) is 11.0. The maximum absolute atomic E-state index is 13.6. The highest BCUT2D eigenvalue weighted by atomic mass is 16.6. The number of ether oxygens (including phenoxy) is 1. The van der Waals surface area contributed by atoms with Crippen LogP contribution in [0.25, 0.3) is 0 Å². The summed E-state index contributed by atoms with van der Waals surface area (Å²) in [7, 11) is 1.58. The third-order valence-electron chi connectivity index (χ3n) is 5.57. The number of aryl methyl sites for hydroxylation is 1. The Labute approximate surface area is 186 Å². The molecule has 3 atom stereocenters. The molecule has 1 aliphatic heterocycles. The van der Waals surface area contributed by atoms with Crippen LogP contribution in [0.3, 0.4) is 0 Å². The zero-order valence-electron chi connectivity index (χ0n) is 19.9. The summed E-state index contributed by atoms with van der Waals surface area (Å²) in [5.41, 5.74) is 1.47. The minimum atomic E-state index is -0.713. The first-order valence-electron chi connectivity index (χ1n) is 11.0. The summed E-state index contributed by atoms with van der Waals surface area (Å²) in [5, 5.41) is 3.14. The fourth-order valence-corrected chi connectivity index (χ4v) is 3.73. The first-order chi connectivity index (χ1) is 14.4. The lowest BCUT2D eigenvalue weighted by molar-refractivity contribution is -0.160. The van der Waals surface area contributed by atoms with Crippen molar-refractivity contribution in [2.24, 2.45) is 0 Å². The van der Waals surface area contributed by atoms with Crippen molar-refractivity contribution in [2.75, 3.05) is 26.7 Å². The summed E-state index contributed by atoms with van der Waals surface area (Å²) < 4.78 is 5.37. The Morgan fingerprint density at radius 1 is 1.19 bits per heavy atom. The van der Waals surface area contributed by atoms with E-state index < -0.39 is 17.6 Å². The molecule has 1 aliphatic rings. The highest BCUT2D eigenvalue weighted by molar-refractivity contribution is 5.92. The molecule has 0 saturated carbocycles. The van der Waals surface area contributed by atoms with Crippen molar-refractivity contribution in [3.63, 3.8) is 0 Å². The highest BCUT2D eigenvalue weighted by Crippen LogP contribution is 2.27. The zero-order chi connectivity index (χ0) is 23.3. The summed E-state index contributed by atoms with van der Waals surface area (Å²) >= 11 is 0. The number of esters is 1. The molecule has 7 nitrogen and oxygen atoms in total. The SMILES string of the molecule is CCN(C(=O)[C@@H]1CCN1)[C@H](C(=O)N(C)CC(=O)OC(C)(C)C)[C@H](C)c1ccc(C)cc1. The molecule has 7 heteroatoms. The summed E-state index contributed by atoms with van der Waals surface area (Å²) in [6.07, 6.45) is 0.767. The van der Waals surface area contributed by atoms with Crippen molar-refractivity contribution in [3.8, 4) is 0 Å². The van der Waals surface area contributed by atoms with E-state index in [2.05, 4.69) is 5.32 Å². The average Bonchev–Trinajstić information content (AvgIpc) is 2.62. The van der Waals surface area contributed by atoms with Crippen molar-refractivity contribution in [3.05, 3.63) is 35.4 Å². The lowest BCUT2D eigenvalue weighted by Gasteiger charge is -2.40. The van der Waals surface area contributed by atoms with Gasteiger partial charge in [0.15, 0.2) is 0 Å². The van der Waals surface area contributed by atoms with Gasteiger partial charge in [0.05, 0.1) is 6.04 Å². The van der Waals surface area contributed by atoms with Crippen molar-refractivity contribution < 1.29 is 19.1 Å². The fraction of sp³-hybridized carbons (Fsp3) is 0.625. The number of benzene rings is 1. The number of nitrogens with zero attached hydrogens (tertiary/aromatic N) is 2. The summed E-state index contributed by atoms with van der Waals surface area (Å²) in [4.78, 5) is 42.0. The van der Waals surface area contributed by atoms with Crippen molar-refractivity contribution >= 4 is 17.8 Å². The average molecular weight is 432 g/mol. The van der Waals surface area contributed by atoms with Gasteiger partial charge < -0.3 is 19.9 Å². The van der Waals surface area contributed by atoms with Gasteiger partial charge in [-0.25, -0.2) is 0 Å². The second-order valence-corrected chi connectivity index (χ2v) is 9.34. The van der Waals surface area contributed by atoms with Gasteiger partial charge in [-0.05, 0) is 53.1 Å². The smallest absolute Gasteiger partial charge is 0.326 e. The number of hydrogen-bond donors (Lipinski definition) is 1. The lowest BCUT2D eigenvalue weighted by atomic mass is 9.89. The molecular formula is C24H37N3O4. The number of likely N-dealkylation sites (N-methyl/N-ethyl adjacent to an activating group) is 2. The third kappa shape index (κ3) is 6.53. The van der Waals surface area contributed by atoms with E-state index in [1.165, 1.54) is 4.90 Å². The maximum Gasteiger partial charge on any atom is 0.326 e. The lowest BCUT2D eigenvalue weighted by Crippen LogP contribution is -2.60. The van der Waals surface area contributed by atoms with Crippen LogP contribution in [0.2, 0.25) is 0 Å². The van der Waals surface area contributed by atoms with E-state index in [1.54, 1.807) is 32.7 Å². The zero-order valence-corrected chi connectivity index (χ0v) is 19.9. The van der Waals surface area contributed by atoms with Gasteiger partial charge in [-0.2, -0.15) is 0 Å². The van der Waals surface area contributed by atoms with Gasteiger partial charge in [-0.3, -0.25) is 14.4 Å². The Bertz CT molecular complexity index is 781. The molecule has 0 aromatic heterocycles. The normalized spacial score (nSPS) is 17.8. The van der Waals surface area contributed by atoms with Crippen LogP contribution in [0.5, 0.6) is 0 Å². The Balaban J connectivity index is 2.30. The molecule has 1 aromatic carbocycles. The van der Waals surface area contributed by atoms with Crippen LogP contribution in [0.15, 0.2) is 24.3 Å². The molecule has 0 aliphatic carbocycles. The predicted octanol–water partition coefficient (Wildman–Crippen LogP) is 2.48. The minimum absolute atomic E-state index is 0.0725. The van der Waals surface area contributed by atoms with Gasteiger partial charge in [0.2, 0.25) is 11.8 Å². The molecule has 2 amide bonds. The molecule has 0 radical (unpaired) electrons. The predicted molar refractivity (Wildman–Crippen MR) is 121 cm³/mol. The van der Waals surface area contributed by atoms with E-state index >= 15 is 0 Å². The maximum atomic E-state index is 13.6. The van der Waals surface area contributed by atoms with E-state index in [0.717, 1.165) is 24.1 Å². The highest BCUT2D eigenvalue weighted by Gasteiger charge is 2.40. The van der Waals surface area contributed by atoms with Crippen LogP contribution in [-0.4, -0.2) is 72.0 Å². The Morgan fingerprint density at radius 3 is 2.23 bits per heavy atom. The Kier molecular flexibility index (Phi) is 8.23. The summed E-state index contributed by atoms with van der Waals surface area (Å²) in [6.45, 7) is 12.3. The third-order valence-corrected chi connectivity index (χ3v) is 5.57. The van der Waals surface area contributed by atoms with Crippen molar-refractivity contribution in [1.29, 1.82) is 0 Å². The molecule has 172 valence electrons. The molecule has 0 spiro atoms. The monoisotopic (exact) mass is 431 g/mol. The quantitative estimate of drug-likeness (QED) is 0.640. The molecule has 2 rings (SSSR count). The molecule has 1 heterocycles. The van der Waals surface area contributed by atoms with Gasteiger partial charge in [0, 0.05) is 19.5 Å². The van der Waals surface area contributed by atoms with Crippen molar-refractivity contribution in [1.82, 2.24) is 15.1 Å². The summed E-state index contributed by atoms with van der Waals surface area (Å²) in [5.74, 6) is -1.05. The number of carbonyl (C=O) groups excluding carboxylic acids is 3. The van der Waals surface area contributed by atoms with Gasteiger partial charge in [-0.15, -0.1) is 0 Å². The molecule has 0 bridgehead atoms. The van der Waals surface area contributed by atoms with Gasteiger partial charge >= 0.3 is 5.97 Å². The number of nitrogens with one attached hydrogen (secondary N) is 1. The van der Waals surface area contributed by atoms with Crippen molar-refractivity contribution in [2.45, 2.75) is 71.6 Å². The van der Waals surface area contributed by atoms with Gasteiger partial charge in [0.1, 0.15) is 18.2 Å². The Morgan fingerprint density at radius 2 is 1.77 bits per heavy atom. The van der Waals surface area contributed by atoms with E-state index in [1.807, 2.05) is 45.0 Å². The number of rotatable bonds is 8. The van der Waals surface area contributed by atoms with E-state index in [0.29, 0.717) is 6.54 Å².